The minimum absolute atomic E-state index is 0.0919. The third-order valence-electron chi connectivity index (χ3n) is 7.05. The number of carbonyl (C=O) groups excluding carboxylic acids is 1. The molecule has 0 bridgehead atoms. The fraction of sp³-hybridized carbons (Fsp3) is 0.259. The summed E-state index contributed by atoms with van der Waals surface area (Å²) in [5.74, 6) is 1.00. The number of hydrogen-bond donors (Lipinski definition) is 3. The van der Waals surface area contributed by atoms with E-state index >= 15 is 0 Å². The van der Waals surface area contributed by atoms with E-state index in [1.165, 1.54) is 16.7 Å². The van der Waals surface area contributed by atoms with E-state index in [0.29, 0.717) is 26.4 Å². The topological polar surface area (TPSA) is 81.8 Å². The lowest BCUT2D eigenvalue weighted by atomic mass is 9.76. The first-order valence-corrected chi connectivity index (χ1v) is 11.7. The molecule has 2 amide bonds. The highest BCUT2D eigenvalue weighted by Crippen LogP contribution is 2.40. The zero-order chi connectivity index (χ0) is 23.0. The van der Waals surface area contributed by atoms with Gasteiger partial charge in [0.05, 0.1) is 18.5 Å². The second-order valence-electron chi connectivity index (χ2n) is 9.10. The number of aromatic amines is 1. The molecule has 0 radical (unpaired) electrons. The van der Waals surface area contributed by atoms with Crippen molar-refractivity contribution in [2.24, 2.45) is 4.99 Å². The number of aromatic nitrogens is 1. The van der Waals surface area contributed by atoms with Gasteiger partial charge in [0, 0.05) is 35.5 Å². The predicted molar refractivity (Wildman–Crippen MR) is 132 cm³/mol. The molecule has 172 valence electrons. The van der Waals surface area contributed by atoms with Crippen molar-refractivity contribution in [1.29, 1.82) is 0 Å². The normalized spacial score (nSPS) is 17.8. The van der Waals surface area contributed by atoms with Crippen LogP contribution >= 0.6 is 0 Å². The highest BCUT2D eigenvalue weighted by atomic mass is 16.5. The van der Waals surface area contributed by atoms with Crippen LogP contribution in [0.1, 0.15) is 27.8 Å². The van der Waals surface area contributed by atoms with E-state index in [9.17, 15) is 4.79 Å². The van der Waals surface area contributed by atoms with Crippen LogP contribution in [0.15, 0.2) is 78.2 Å². The average Bonchev–Trinajstić information content (AvgIpc) is 3.53. The lowest BCUT2D eigenvalue weighted by Gasteiger charge is -2.32. The van der Waals surface area contributed by atoms with Crippen molar-refractivity contribution in [2.45, 2.75) is 18.3 Å². The number of ether oxygens (including phenoxy) is 1. The molecule has 3 heterocycles. The molecule has 3 aliphatic rings. The molecule has 0 saturated carbocycles. The minimum Gasteiger partial charge on any atom is -0.498 e. The van der Waals surface area contributed by atoms with Gasteiger partial charge < -0.3 is 20.4 Å². The van der Waals surface area contributed by atoms with E-state index in [1.807, 2.05) is 6.20 Å². The second-order valence-corrected chi connectivity index (χ2v) is 9.10. The molecule has 0 fully saturated rings. The SMILES string of the molecule is O=C(NCC1(c2cccc(C3=NCNc4[nH]ccc43)c2)Cc2ccccc2C1)N1C=COCC1. The Balaban J connectivity index is 1.33. The summed E-state index contributed by atoms with van der Waals surface area (Å²) >= 11 is 0. The van der Waals surface area contributed by atoms with Crippen molar-refractivity contribution in [1.82, 2.24) is 15.2 Å². The van der Waals surface area contributed by atoms with Gasteiger partial charge in [-0.15, -0.1) is 0 Å². The van der Waals surface area contributed by atoms with Crippen LogP contribution in [0, 0.1) is 0 Å². The van der Waals surface area contributed by atoms with Gasteiger partial charge in [-0.1, -0.05) is 42.5 Å². The zero-order valence-corrected chi connectivity index (χ0v) is 18.9. The summed E-state index contributed by atoms with van der Waals surface area (Å²) < 4.78 is 5.23. The molecule has 1 aliphatic carbocycles. The molecule has 1 aromatic heterocycles. The average molecular weight is 454 g/mol. The Morgan fingerprint density at radius 2 is 1.97 bits per heavy atom. The minimum atomic E-state index is -0.222. The van der Waals surface area contributed by atoms with Crippen molar-refractivity contribution in [3.05, 3.63) is 101 Å². The van der Waals surface area contributed by atoms with Crippen LogP contribution in [0.5, 0.6) is 0 Å². The molecule has 7 heteroatoms. The highest BCUT2D eigenvalue weighted by molar-refractivity contribution is 6.16. The van der Waals surface area contributed by atoms with Crippen LogP contribution in [0.25, 0.3) is 0 Å². The van der Waals surface area contributed by atoms with Gasteiger partial charge in [-0.3, -0.25) is 9.89 Å². The Morgan fingerprint density at radius 3 is 2.76 bits per heavy atom. The van der Waals surface area contributed by atoms with Crippen molar-refractivity contribution < 1.29 is 9.53 Å². The predicted octanol–water partition coefficient (Wildman–Crippen LogP) is 3.78. The number of H-pyrrole nitrogens is 1. The van der Waals surface area contributed by atoms with Gasteiger partial charge in [-0.05, 0) is 41.7 Å². The fourth-order valence-corrected chi connectivity index (χ4v) is 5.29. The summed E-state index contributed by atoms with van der Waals surface area (Å²) in [6, 6.07) is 19.3. The molecule has 0 unspecified atom stereocenters. The van der Waals surface area contributed by atoms with Crippen molar-refractivity contribution in [2.75, 3.05) is 31.7 Å². The van der Waals surface area contributed by atoms with Crippen LogP contribution in [0.2, 0.25) is 0 Å². The maximum atomic E-state index is 12.9. The Hall–Kier alpha value is -4.00. The van der Waals surface area contributed by atoms with Gasteiger partial charge in [0.2, 0.25) is 0 Å². The van der Waals surface area contributed by atoms with E-state index in [2.05, 4.69) is 70.2 Å². The molecule has 0 saturated heterocycles. The highest BCUT2D eigenvalue weighted by Gasteiger charge is 2.39. The molecule has 6 rings (SSSR count). The molecule has 7 nitrogen and oxygen atoms in total. The molecular weight excluding hydrogens is 426 g/mol. The van der Waals surface area contributed by atoms with Crippen molar-refractivity contribution in [3.8, 4) is 0 Å². The smallest absolute Gasteiger partial charge is 0.321 e. The molecular formula is C27H27N5O2. The zero-order valence-electron chi connectivity index (χ0n) is 18.9. The third-order valence-corrected chi connectivity index (χ3v) is 7.05. The van der Waals surface area contributed by atoms with Crippen LogP contribution in [0.3, 0.4) is 0 Å². The van der Waals surface area contributed by atoms with Crippen LogP contribution < -0.4 is 10.6 Å². The summed E-state index contributed by atoms with van der Waals surface area (Å²) in [5, 5.41) is 6.50. The number of nitrogens with zero attached hydrogens (tertiary/aromatic N) is 2. The molecule has 2 aromatic carbocycles. The Labute approximate surface area is 198 Å². The van der Waals surface area contributed by atoms with E-state index < -0.39 is 0 Å². The van der Waals surface area contributed by atoms with E-state index in [-0.39, 0.29) is 11.4 Å². The first-order chi connectivity index (χ1) is 16.7. The number of amides is 2. The van der Waals surface area contributed by atoms with Crippen LogP contribution in [0.4, 0.5) is 10.6 Å². The summed E-state index contributed by atoms with van der Waals surface area (Å²) in [6.07, 6.45) is 6.97. The summed E-state index contributed by atoms with van der Waals surface area (Å²) in [7, 11) is 0. The van der Waals surface area contributed by atoms with E-state index in [1.54, 1.807) is 17.4 Å². The number of nitrogens with one attached hydrogen (secondary N) is 3. The van der Waals surface area contributed by atoms with E-state index in [4.69, 9.17) is 9.73 Å². The van der Waals surface area contributed by atoms with Crippen molar-refractivity contribution >= 4 is 17.6 Å². The first-order valence-electron chi connectivity index (χ1n) is 11.7. The van der Waals surface area contributed by atoms with Gasteiger partial charge in [-0.2, -0.15) is 0 Å². The second kappa shape index (κ2) is 8.41. The van der Waals surface area contributed by atoms with Gasteiger partial charge >= 0.3 is 6.03 Å². The lowest BCUT2D eigenvalue weighted by molar-refractivity contribution is 0.166. The molecule has 3 N–H and O–H groups in total. The van der Waals surface area contributed by atoms with E-state index in [0.717, 1.165) is 35.5 Å². The van der Waals surface area contributed by atoms with Crippen LogP contribution in [-0.4, -0.2) is 48.0 Å². The molecule has 0 atom stereocenters. The lowest BCUT2D eigenvalue weighted by Crippen LogP contribution is -2.46. The number of urea groups is 1. The first kappa shape index (κ1) is 20.6. The van der Waals surface area contributed by atoms with Crippen molar-refractivity contribution in [3.63, 3.8) is 0 Å². The number of rotatable bonds is 4. The maximum absolute atomic E-state index is 12.9. The molecule has 34 heavy (non-hydrogen) atoms. The Morgan fingerprint density at radius 1 is 1.12 bits per heavy atom. The monoisotopic (exact) mass is 453 g/mol. The Bertz CT molecular complexity index is 1270. The number of carbonyl (C=O) groups is 1. The number of fused-ring (bicyclic) bond motifs is 2. The number of anilines is 1. The summed E-state index contributed by atoms with van der Waals surface area (Å²) in [6.45, 7) is 2.17. The summed E-state index contributed by atoms with van der Waals surface area (Å²) in [4.78, 5) is 22.6. The number of hydrogen-bond acceptors (Lipinski definition) is 4. The standard InChI is InChI=1S/C27H27N5O2/c33-26(32-10-12-34-13-11-32)29-17-27(15-20-4-1-2-5-21(20)16-27)22-7-3-6-19(14-22)24-23-8-9-28-25(23)31-18-30-24/h1-10,12,14,28,31H,11,13,15-18H2,(H,29,33). The Kier molecular flexibility index (Phi) is 5.09. The number of benzene rings is 2. The summed E-state index contributed by atoms with van der Waals surface area (Å²) in [5.41, 5.74) is 6.86. The fourth-order valence-electron chi connectivity index (χ4n) is 5.29. The van der Waals surface area contributed by atoms with Gasteiger partial charge in [0.25, 0.3) is 0 Å². The molecule has 0 spiro atoms. The number of aliphatic imine (C=N–C) groups is 1. The van der Waals surface area contributed by atoms with Gasteiger partial charge in [-0.25, -0.2) is 4.79 Å². The van der Waals surface area contributed by atoms with Gasteiger partial charge in [0.15, 0.2) is 0 Å². The largest absolute Gasteiger partial charge is 0.498 e. The molecule has 3 aromatic rings. The quantitative estimate of drug-likeness (QED) is 0.562. The van der Waals surface area contributed by atoms with Crippen LogP contribution in [-0.2, 0) is 23.0 Å². The third kappa shape index (κ3) is 3.63. The molecule has 2 aliphatic heterocycles. The van der Waals surface area contributed by atoms with Gasteiger partial charge in [0.1, 0.15) is 19.1 Å². The maximum Gasteiger partial charge on any atom is 0.321 e.